The third kappa shape index (κ3) is 3.14. The third-order valence-electron chi connectivity index (χ3n) is 3.04. The third-order valence-corrected chi connectivity index (χ3v) is 3.04. The van der Waals surface area contributed by atoms with Gasteiger partial charge >= 0.3 is 0 Å². The number of aryl methyl sites for hydroxylation is 1. The molecular weight excluding hydrogens is 208 g/mol. The van der Waals surface area contributed by atoms with Crippen molar-refractivity contribution in [1.29, 1.82) is 0 Å². The van der Waals surface area contributed by atoms with Crippen LogP contribution in [0, 0.1) is 6.92 Å². The van der Waals surface area contributed by atoms with Crippen molar-refractivity contribution >= 4 is 0 Å². The zero-order chi connectivity index (χ0) is 12.1. The summed E-state index contributed by atoms with van der Waals surface area (Å²) < 4.78 is 0. The molecule has 1 aromatic carbocycles. The van der Waals surface area contributed by atoms with Gasteiger partial charge in [0.15, 0.2) is 0 Å². The summed E-state index contributed by atoms with van der Waals surface area (Å²) in [5.41, 5.74) is 9.70. The number of rotatable bonds is 4. The Balaban J connectivity index is 2.14. The number of aromatic nitrogens is 1. The monoisotopic (exact) mass is 226 g/mol. The Morgan fingerprint density at radius 3 is 2.53 bits per heavy atom. The fourth-order valence-electron chi connectivity index (χ4n) is 1.98. The second-order valence-corrected chi connectivity index (χ2v) is 4.41. The molecule has 2 N–H and O–H groups in total. The van der Waals surface area contributed by atoms with Crippen molar-refractivity contribution in [3.63, 3.8) is 0 Å². The van der Waals surface area contributed by atoms with Gasteiger partial charge in [0.25, 0.3) is 0 Å². The van der Waals surface area contributed by atoms with Gasteiger partial charge in [-0.1, -0.05) is 35.9 Å². The van der Waals surface area contributed by atoms with Gasteiger partial charge in [-0.3, -0.25) is 4.98 Å². The van der Waals surface area contributed by atoms with Gasteiger partial charge in [0.1, 0.15) is 0 Å². The minimum Gasteiger partial charge on any atom is -0.330 e. The molecule has 2 nitrogen and oxygen atoms in total. The second-order valence-electron chi connectivity index (χ2n) is 4.41. The van der Waals surface area contributed by atoms with E-state index in [4.69, 9.17) is 5.73 Å². The summed E-state index contributed by atoms with van der Waals surface area (Å²) in [7, 11) is 0. The average molecular weight is 226 g/mol. The molecule has 1 heterocycles. The molecule has 0 aliphatic carbocycles. The van der Waals surface area contributed by atoms with Crippen molar-refractivity contribution in [3.8, 4) is 0 Å². The van der Waals surface area contributed by atoms with E-state index in [1.807, 2.05) is 12.3 Å². The molecule has 1 unspecified atom stereocenters. The molecule has 0 aliphatic heterocycles. The van der Waals surface area contributed by atoms with E-state index in [2.05, 4.69) is 42.2 Å². The van der Waals surface area contributed by atoms with Crippen LogP contribution in [0.15, 0.2) is 48.8 Å². The minimum atomic E-state index is 0.375. The highest BCUT2D eigenvalue weighted by Gasteiger charge is 2.10. The van der Waals surface area contributed by atoms with Crippen LogP contribution in [0.5, 0.6) is 0 Å². The first-order chi connectivity index (χ1) is 8.29. The average Bonchev–Trinajstić information content (AvgIpc) is 2.38. The van der Waals surface area contributed by atoms with Gasteiger partial charge in [-0.15, -0.1) is 0 Å². The van der Waals surface area contributed by atoms with E-state index in [1.165, 1.54) is 16.7 Å². The maximum atomic E-state index is 5.87. The molecule has 0 fully saturated rings. The second kappa shape index (κ2) is 5.60. The summed E-state index contributed by atoms with van der Waals surface area (Å²) in [5, 5.41) is 0. The molecule has 2 aromatic rings. The molecule has 1 atom stereocenters. The van der Waals surface area contributed by atoms with E-state index < -0.39 is 0 Å². The van der Waals surface area contributed by atoms with E-state index in [0.29, 0.717) is 12.5 Å². The Kier molecular flexibility index (Phi) is 3.89. The Morgan fingerprint density at radius 1 is 1.18 bits per heavy atom. The van der Waals surface area contributed by atoms with Crippen LogP contribution >= 0.6 is 0 Å². The molecule has 0 saturated heterocycles. The molecule has 0 amide bonds. The van der Waals surface area contributed by atoms with Gasteiger partial charge in [0, 0.05) is 18.3 Å². The van der Waals surface area contributed by atoms with Gasteiger partial charge in [-0.2, -0.15) is 0 Å². The highest BCUT2D eigenvalue weighted by molar-refractivity contribution is 5.26. The lowest BCUT2D eigenvalue weighted by Crippen LogP contribution is -2.15. The lowest BCUT2D eigenvalue weighted by Gasteiger charge is -2.15. The van der Waals surface area contributed by atoms with Crippen molar-refractivity contribution in [2.75, 3.05) is 6.54 Å². The van der Waals surface area contributed by atoms with Gasteiger partial charge in [-0.05, 0) is 37.1 Å². The van der Waals surface area contributed by atoms with Crippen LogP contribution < -0.4 is 5.73 Å². The first-order valence-electron chi connectivity index (χ1n) is 5.95. The number of hydrogen-bond acceptors (Lipinski definition) is 2. The van der Waals surface area contributed by atoms with Crippen LogP contribution in [0.25, 0.3) is 0 Å². The first-order valence-corrected chi connectivity index (χ1v) is 5.95. The van der Waals surface area contributed by atoms with Crippen LogP contribution in [-0.2, 0) is 6.42 Å². The normalized spacial score (nSPS) is 12.4. The minimum absolute atomic E-state index is 0.375. The van der Waals surface area contributed by atoms with E-state index in [0.717, 1.165) is 6.42 Å². The predicted molar refractivity (Wildman–Crippen MR) is 70.9 cm³/mol. The molecule has 2 heteroatoms. The SMILES string of the molecule is Cc1ccc(C(CN)Cc2cccnc2)cc1. The van der Waals surface area contributed by atoms with Crippen molar-refractivity contribution < 1.29 is 0 Å². The largest absolute Gasteiger partial charge is 0.330 e. The molecular formula is C15H18N2. The lowest BCUT2D eigenvalue weighted by atomic mass is 9.92. The molecule has 2 rings (SSSR count). The van der Waals surface area contributed by atoms with Gasteiger partial charge in [0.2, 0.25) is 0 Å². The van der Waals surface area contributed by atoms with Crippen LogP contribution in [-0.4, -0.2) is 11.5 Å². The van der Waals surface area contributed by atoms with Crippen LogP contribution in [0.1, 0.15) is 22.6 Å². The summed E-state index contributed by atoms with van der Waals surface area (Å²) in [6, 6.07) is 12.7. The fraction of sp³-hybridized carbons (Fsp3) is 0.267. The molecule has 0 spiro atoms. The molecule has 0 aliphatic rings. The molecule has 0 radical (unpaired) electrons. The zero-order valence-corrected chi connectivity index (χ0v) is 10.1. The summed E-state index contributed by atoms with van der Waals surface area (Å²) in [5.74, 6) is 0.375. The number of benzene rings is 1. The molecule has 0 bridgehead atoms. The van der Waals surface area contributed by atoms with Crippen molar-refractivity contribution in [2.24, 2.45) is 5.73 Å². The summed E-state index contributed by atoms with van der Waals surface area (Å²) >= 11 is 0. The predicted octanol–water partition coefficient (Wildman–Crippen LogP) is 2.68. The first kappa shape index (κ1) is 11.8. The van der Waals surface area contributed by atoms with Crippen LogP contribution in [0.4, 0.5) is 0 Å². The quantitative estimate of drug-likeness (QED) is 0.870. The van der Waals surface area contributed by atoms with Gasteiger partial charge in [0.05, 0.1) is 0 Å². The van der Waals surface area contributed by atoms with E-state index in [9.17, 15) is 0 Å². The van der Waals surface area contributed by atoms with Gasteiger partial charge in [-0.25, -0.2) is 0 Å². The molecule has 88 valence electrons. The van der Waals surface area contributed by atoms with E-state index in [-0.39, 0.29) is 0 Å². The van der Waals surface area contributed by atoms with Crippen LogP contribution in [0.2, 0.25) is 0 Å². The Morgan fingerprint density at radius 2 is 1.94 bits per heavy atom. The van der Waals surface area contributed by atoms with E-state index >= 15 is 0 Å². The molecule has 1 aromatic heterocycles. The van der Waals surface area contributed by atoms with Crippen molar-refractivity contribution in [3.05, 3.63) is 65.5 Å². The Bertz CT molecular complexity index is 448. The zero-order valence-electron chi connectivity index (χ0n) is 10.1. The van der Waals surface area contributed by atoms with Gasteiger partial charge < -0.3 is 5.73 Å². The molecule has 0 saturated carbocycles. The summed E-state index contributed by atoms with van der Waals surface area (Å²) in [6.45, 7) is 2.76. The number of pyridine rings is 1. The summed E-state index contributed by atoms with van der Waals surface area (Å²) in [4.78, 5) is 4.14. The fourth-order valence-corrected chi connectivity index (χ4v) is 1.98. The Hall–Kier alpha value is -1.67. The van der Waals surface area contributed by atoms with Crippen molar-refractivity contribution in [2.45, 2.75) is 19.3 Å². The summed E-state index contributed by atoms with van der Waals surface area (Å²) in [6.07, 6.45) is 4.66. The topological polar surface area (TPSA) is 38.9 Å². The number of hydrogen-bond donors (Lipinski definition) is 1. The highest BCUT2D eigenvalue weighted by atomic mass is 14.6. The maximum Gasteiger partial charge on any atom is 0.0300 e. The van der Waals surface area contributed by atoms with Crippen molar-refractivity contribution in [1.82, 2.24) is 4.98 Å². The Labute approximate surface area is 103 Å². The standard InChI is InChI=1S/C15H18N2/c1-12-4-6-14(7-5-12)15(10-16)9-13-3-2-8-17-11-13/h2-8,11,15H,9-10,16H2,1H3. The number of nitrogens with zero attached hydrogens (tertiary/aromatic N) is 1. The molecule has 17 heavy (non-hydrogen) atoms. The number of nitrogens with two attached hydrogens (primary N) is 1. The van der Waals surface area contributed by atoms with E-state index in [1.54, 1.807) is 6.20 Å². The smallest absolute Gasteiger partial charge is 0.0300 e. The maximum absolute atomic E-state index is 5.87. The highest BCUT2D eigenvalue weighted by Crippen LogP contribution is 2.19. The lowest BCUT2D eigenvalue weighted by molar-refractivity contribution is 0.692. The van der Waals surface area contributed by atoms with Crippen LogP contribution in [0.3, 0.4) is 0 Å².